The number of nitrogens with zero attached hydrogens (tertiary/aromatic N) is 2. The van der Waals surface area contributed by atoms with Gasteiger partial charge in [0.05, 0.1) is 5.69 Å². The first-order chi connectivity index (χ1) is 7.59. The summed E-state index contributed by atoms with van der Waals surface area (Å²) in [4.78, 5) is 11.4. The molecule has 5 heteroatoms. The molecule has 0 radical (unpaired) electrons. The Bertz CT molecular complexity index is 573. The summed E-state index contributed by atoms with van der Waals surface area (Å²) in [5, 5.41) is 3.79. The third-order valence-electron chi connectivity index (χ3n) is 2.08. The summed E-state index contributed by atoms with van der Waals surface area (Å²) >= 11 is 0. The van der Waals surface area contributed by atoms with E-state index in [1.807, 2.05) is 0 Å². The summed E-state index contributed by atoms with van der Waals surface area (Å²) in [7, 11) is 0. The van der Waals surface area contributed by atoms with Gasteiger partial charge in [0.2, 0.25) is 0 Å². The largest absolute Gasteiger partial charge is 0.271 e. The Morgan fingerprint density at radius 3 is 2.38 bits per heavy atom. The van der Waals surface area contributed by atoms with Crippen LogP contribution in [0.25, 0.3) is 5.69 Å². The summed E-state index contributed by atoms with van der Waals surface area (Å²) in [6.07, 6.45) is 0. The van der Waals surface area contributed by atoms with E-state index in [0.717, 1.165) is 16.8 Å². The van der Waals surface area contributed by atoms with Gasteiger partial charge in [-0.3, -0.25) is 4.79 Å². The first-order valence-electron chi connectivity index (χ1n) is 4.61. The van der Waals surface area contributed by atoms with Gasteiger partial charge in [-0.25, -0.2) is 8.78 Å². The molecule has 0 aliphatic rings. The molecule has 1 heterocycles. The maximum Gasteiger partial charge on any atom is 0.271 e. The van der Waals surface area contributed by atoms with E-state index in [1.165, 1.54) is 18.2 Å². The molecule has 0 N–H and O–H groups in total. The van der Waals surface area contributed by atoms with Gasteiger partial charge < -0.3 is 0 Å². The van der Waals surface area contributed by atoms with Crippen molar-refractivity contribution in [3.05, 3.63) is 58.0 Å². The lowest BCUT2D eigenvalue weighted by atomic mass is 10.3. The van der Waals surface area contributed by atoms with Gasteiger partial charge in [-0.05, 0) is 25.1 Å². The number of rotatable bonds is 1. The molecule has 0 amide bonds. The van der Waals surface area contributed by atoms with Gasteiger partial charge >= 0.3 is 0 Å². The standard InChI is InChI=1S/C11H8F2N2O/c1-7-5-6-10(16)15(14-7)11-8(12)3-2-4-9(11)13/h2-6H,1H3. The molecule has 1 aromatic carbocycles. The van der Waals surface area contributed by atoms with E-state index < -0.39 is 22.9 Å². The molecule has 0 saturated heterocycles. The molecule has 3 nitrogen and oxygen atoms in total. The smallest absolute Gasteiger partial charge is 0.267 e. The normalized spacial score (nSPS) is 10.4. The van der Waals surface area contributed by atoms with Gasteiger partial charge in [0.1, 0.15) is 5.69 Å². The highest BCUT2D eigenvalue weighted by Gasteiger charge is 2.12. The predicted molar refractivity (Wildman–Crippen MR) is 54.5 cm³/mol. The van der Waals surface area contributed by atoms with Crippen LogP contribution in [0.1, 0.15) is 5.69 Å². The molecular weight excluding hydrogens is 214 g/mol. The van der Waals surface area contributed by atoms with Gasteiger partial charge in [-0.1, -0.05) is 6.07 Å². The number of para-hydroxylation sites is 1. The number of aryl methyl sites for hydroxylation is 1. The highest BCUT2D eigenvalue weighted by Crippen LogP contribution is 2.14. The minimum absolute atomic E-state index is 0.448. The molecule has 0 bridgehead atoms. The number of benzene rings is 1. The number of halogens is 2. The molecule has 0 atom stereocenters. The van der Waals surface area contributed by atoms with Crippen LogP contribution < -0.4 is 5.56 Å². The van der Waals surface area contributed by atoms with Gasteiger partial charge in [0, 0.05) is 6.07 Å². The van der Waals surface area contributed by atoms with Gasteiger partial charge in [-0.15, -0.1) is 0 Å². The molecule has 2 aromatic rings. The van der Waals surface area contributed by atoms with Crippen molar-refractivity contribution in [2.24, 2.45) is 0 Å². The van der Waals surface area contributed by atoms with E-state index in [4.69, 9.17) is 0 Å². The van der Waals surface area contributed by atoms with Crippen LogP contribution in [0.15, 0.2) is 35.1 Å². The van der Waals surface area contributed by atoms with Crippen molar-refractivity contribution in [3.63, 3.8) is 0 Å². The van der Waals surface area contributed by atoms with Crippen molar-refractivity contribution in [1.82, 2.24) is 9.78 Å². The molecule has 0 fully saturated rings. The molecule has 0 aliphatic carbocycles. The highest BCUT2D eigenvalue weighted by atomic mass is 19.1. The first kappa shape index (κ1) is 10.5. The van der Waals surface area contributed by atoms with Crippen molar-refractivity contribution in [3.8, 4) is 5.69 Å². The fraction of sp³-hybridized carbons (Fsp3) is 0.0909. The average Bonchev–Trinajstić information content (AvgIpc) is 2.23. The second-order valence-electron chi connectivity index (χ2n) is 3.30. The fourth-order valence-corrected chi connectivity index (χ4v) is 1.35. The molecule has 2 rings (SSSR count). The summed E-state index contributed by atoms with van der Waals surface area (Å²) < 4.78 is 27.5. The molecule has 0 saturated carbocycles. The maximum absolute atomic E-state index is 13.4. The Labute approximate surface area is 90.0 Å². The van der Waals surface area contributed by atoms with Crippen molar-refractivity contribution >= 4 is 0 Å². The Balaban J connectivity index is 2.77. The second-order valence-corrected chi connectivity index (χ2v) is 3.30. The first-order valence-corrected chi connectivity index (χ1v) is 4.61. The van der Waals surface area contributed by atoms with Gasteiger partial charge in [-0.2, -0.15) is 9.78 Å². The van der Waals surface area contributed by atoms with Crippen LogP contribution in [0.3, 0.4) is 0 Å². The van der Waals surface area contributed by atoms with Crippen LogP contribution in [0, 0.1) is 18.6 Å². The zero-order valence-electron chi connectivity index (χ0n) is 8.45. The number of hydrogen-bond donors (Lipinski definition) is 0. The molecule has 1 aromatic heterocycles. The van der Waals surface area contributed by atoms with Crippen molar-refractivity contribution < 1.29 is 8.78 Å². The lowest BCUT2D eigenvalue weighted by molar-refractivity contribution is 0.553. The van der Waals surface area contributed by atoms with E-state index in [2.05, 4.69) is 5.10 Å². The highest BCUT2D eigenvalue weighted by molar-refractivity contribution is 5.34. The third-order valence-corrected chi connectivity index (χ3v) is 2.08. The Hall–Kier alpha value is -2.04. The monoisotopic (exact) mass is 222 g/mol. The average molecular weight is 222 g/mol. The topological polar surface area (TPSA) is 34.9 Å². The summed E-state index contributed by atoms with van der Waals surface area (Å²) in [5.41, 5.74) is -0.520. The van der Waals surface area contributed by atoms with E-state index in [-0.39, 0.29) is 0 Å². The number of aromatic nitrogens is 2. The lowest BCUT2D eigenvalue weighted by Gasteiger charge is -2.06. The number of hydrogen-bond acceptors (Lipinski definition) is 2. The zero-order valence-corrected chi connectivity index (χ0v) is 8.45. The third kappa shape index (κ3) is 1.71. The van der Waals surface area contributed by atoms with E-state index in [1.54, 1.807) is 6.92 Å². The summed E-state index contributed by atoms with van der Waals surface area (Å²) in [6, 6.07) is 6.09. The van der Waals surface area contributed by atoms with Crippen molar-refractivity contribution in [2.45, 2.75) is 6.92 Å². The Morgan fingerprint density at radius 2 is 1.75 bits per heavy atom. The van der Waals surface area contributed by atoms with Crippen LogP contribution in [0.2, 0.25) is 0 Å². The molecular formula is C11H8F2N2O. The fourth-order valence-electron chi connectivity index (χ4n) is 1.35. The van der Waals surface area contributed by atoms with E-state index in [0.29, 0.717) is 5.69 Å². The second kappa shape index (κ2) is 3.84. The Kier molecular flexibility index (Phi) is 2.52. The lowest BCUT2D eigenvalue weighted by Crippen LogP contribution is -2.22. The SMILES string of the molecule is Cc1ccc(=O)n(-c2c(F)cccc2F)n1. The van der Waals surface area contributed by atoms with Gasteiger partial charge in [0.25, 0.3) is 5.56 Å². The molecule has 0 aliphatic heterocycles. The van der Waals surface area contributed by atoms with Crippen LogP contribution in [-0.2, 0) is 0 Å². The van der Waals surface area contributed by atoms with Gasteiger partial charge in [0.15, 0.2) is 11.6 Å². The zero-order chi connectivity index (χ0) is 11.7. The van der Waals surface area contributed by atoms with Crippen molar-refractivity contribution in [1.29, 1.82) is 0 Å². The summed E-state index contributed by atoms with van der Waals surface area (Å²) in [5.74, 6) is -1.64. The molecule has 0 spiro atoms. The maximum atomic E-state index is 13.4. The van der Waals surface area contributed by atoms with E-state index in [9.17, 15) is 13.6 Å². The minimum Gasteiger partial charge on any atom is -0.267 e. The van der Waals surface area contributed by atoms with Crippen LogP contribution in [0.5, 0.6) is 0 Å². The molecule has 16 heavy (non-hydrogen) atoms. The predicted octanol–water partition coefficient (Wildman–Crippen LogP) is 1.82. The molecule has 82 valence electrons. The summed E-state index contributed by atoms with van der Waals surface area (Å²) in [6.45, 7) is 1.63. The minimum atomic E-state index is -0.819. The van der Waals surface area contributed by atoms with E-state index >= 15 is 0 Å². The van der Waals surface area contributed by atoms with Crippen LogP contribution in [-0.4, -0.2) is 9.78 Å². The molecule has 0 unspecified atom stereocenters. The van der Waals surface area contributed by atoms with Crippen LogP contribution in [0.4, 0.5) is 8.78 Å². The quantitative estimate of drug-likeness (QED) is 0.737. The van der Waals surface area contributed by atoms with Crippen LogP contribution >= 0.6 is 0 Å². The van der Waals surface area contributed by atoms with Crippen molar-refractivity contribution in [2.75, 3.05) is 0 Å². The Morgan fingerprint density at radius 1 is 1.12 bits per heavy atom.